The molecular weight excluding hydrogens is 252 g/mol. The van der Waals surface area contributed by atoms with Gasteiger partial charge in [0.2, 0.25) is 0 Å². The van der Waals surface area contributed by atoms with Crippen LogP contribution in [0.25, 0.3) is 0 Å². The summed E-state index contributed by atoms with van der Waals surface area (Å²) in [6.45, 7) is 0.413. The average molecular weight is 264 g/mol. The van der Waals surface area contributed by atoms with Crippen LogP contribution in [0.1, 0.15) is 22.3 Å². The number of benzene rings is 1. The smallest absolute Gasteiger partial charge is 0.261 e. The Morgan fingerprint density at radius 1 is 1.28 bits per heavy atom. The van der Waals surface area contributed by atoms with E-state index in [9.17, 15) is 22.4 Å². The fraction of sp³-hybridized carbons (Fsp3) is 0.417. The summed E-state index contributed by atoms with van der Waals surface area (Å²) >= 11 is 0. The Balaban J connectivity index is 2.59. The molecule has 0 saturated heterocycles. The van der Waals surface area contributed by atoms with Crippen molar-refractivity contribution in [2.24, 2.45) is 0 Å². The highest BCUT2D eigenvalue weighted by Gasteiger charge is 2.14. The van der Waals surface area contributed by atoms with Gasteiger partial charge in [-0.05, 0) is 18.6 Å². The van der Waals surface area contributed by atoms with Crippen molar-refractivity contribution in [2.75, 3.05) is 13.2 Å². The van der Waals surface area contributed by atoms with Crippen LogP contribution in [0.2, 0.25) is 0 Å². The zero-order valence-corrected chi connectivity index (χ0v) is 9.68. The van der Waals surface area contributed by atoms with Gasteiger partial charge >= 0.3 is 0 Å². The molecule has 0 N–H and O–H groups in total. The molecule has 1 rings (SSSR count). The lowest BCUT2D eigenvalue weighted by molar-refractivity contribution is 0.0169. The van der Waals surface area contributed by atoms with E-state index in [1.54, 1.807) is 0 Å². The molecular formula is C12H12F4O2. The first kappa shape index (κ1) is 14.6. The quantitative estimate of drug-likeness (QED) is 0.448. The molecule has 6 heteroatoms. The van der Waals surface area contributed by atoms with E-state index < -0.39 is 30.5 Å². The molecule has 0 bridgehead atoms. The van der Waals surface area contributed by atoms with Gasteiger partial charge in [0.1, 0.15) is 18.2 Å². The maximum Gasteiger partial charge on any atom is 0.261 e. The number of Topliss-reactive ketones (excluding diaryl/α,β-unsaturated/α-hetero) is 1. The Morgan fingerprint density at radius 2 is 1.94 bits per heavy atom. The number of carbonyl (C=O) groups is 1. The minimum absolute atomic E-state index is 0.147. The lowest BCUT2D eigenvalue weighted by atomic mass is 10.0. The Bertz CT molecular complexity index is 432. The van der Waals surface area contributed by atoms with Crippen LogP contribution in [-0.4, -0.2) is 25.4 Å². The highest BCUT2D eigenvalue weighted by Crippen LogP contribution is 2.15. The zero-order valence-electron chi connectivity index (χ0n) is 9.68. The summed E-state index contributed by atoms with van der Waals surface area (Å²) in [5, 5.41) is 0. The molecule has 0 aliphatic heterocycles. The maximum atomic E-state index is 13.3. The molecule has 18 heavy (non-hydrogen) atoms. The topological polar surface area (TPSA) is 26.3 Å². The fourth-order valence-electron chi connectivity index (χ4n) is 1.34. The van der Waals surface area contributed by atoms with Gasteiger partial charge in [-0.25, -0.2) is 17.6 Å². The van der Waals surface area contributed by atoms with Crippen molar-refractivity contribution in [1.29, 1.82) is 0 Å². The minimum Gasteiger partial charge on any atom is -0.375 e. The molecule has 1 aromatic rings. The minimum atomic E-state index is -2.61. The first-order valence-electron chi connectivity index (χ1n) is 5.26. The summed E-state index contributed by atoms with van der Waals surface area (Å²) in [7, 11) is 0. The van der Waals surface area contributed by atoms with E-state index in [4.69, 9.17) is 0 Å². The van der Waals surface area contributed by atoms with Gasteiger partial charge in [-0.15, -0.1) is 0 Å². The average Bonchev–Trinajstić information content (AvgIpc) is 2.28. The second-order valence-corrected chi connectivity index (χ2v) is 3.72. The molecule has 0 aliphatic rings. The summed E-state index contributed by atoms with van der Waals surface area (Å²) < 4.78 is 54.2. The van der Waals surface area contributed by atoms with Crippen molar-refractivity contribution < 1.29 is 27.1 Å². The molecule has 0 spiro atoms. The molecule has 0 amide bonds. The normalized spacial score (nSPS) is 11.0. The molecule has 0 atom stereocenters. The summed E-state index contributed by atoms with van der Waals surface area (Å²) in [6, 6.07) is 1.72. The largest absolute Gasteiger partial charge is 0.375 e. The van der Waals surface area contributed by atoms with Crippen LogP contribution in [0, 0.1) is 18.6 Å². The van der Waals surface area contributed by atoms with Gasteiger partial charge in [-0.1, -0.05) is 0 Å². The Kier molecular flexibility index (Phi) is 5.27. The molecule has 100 valence electrons. The van der Waals surface area contributed by atoms with Crippen molar-refractivity contribution in [3.63, 3.8) is 0 Å². The van der Waals surface area contributed by atoms with Crippen LogP contribution >= 0.6 is 0 Å². The van der Waals surface area contributed by atoms with Crippen LogP contribution < -0.4 is 0 Å². The van der Waals surface area contributed by atoms with Gasteiger partial charge in [0.15, 0.2) is 5.78 Å². The van der Waals surface area contributed by atoms with Crippen molar-refractivity contribution in [1.82, 2.24) is 0 Å². The maximum absolute atomic E-state index is 13.3. The Labute approximate surface area is 102 Å². The summed E-state index contributed by atoms with van der Waals surface area (Å²) in [5.41, 5.74) is -0.109. The Morgan fingerprint density at radius 3 is 2.56 bits per heavy atom. The number of rotatable bonds is 6. The summed E-state index contributed by atoms with van der Waals surface area (Å²) in [5.74, 6) is -2.31. The molecule has 0 heterocycles. The first-order valence-corrected chi connectivity index (χ1v) is 5.26. The number of hydrogen-bond acceptors (Lipinski definition) is 2. The van der Waals surface area contributed by atoms with Gasteiger partial charge in [-0.3, -0.25) is 4.79 Å². The molecule has 0 radical (unpaired) electrons. The molecule has 1 aromatic carbocycles. The third-order valence-corrected chi connectivity index (χ3v) is 2.27. The SMILES string of the molecule is Cc1cc(C(=O)CCOCC(F)F)c(F)cc1F. The van der Waals surface area contributed by atoms with Crippen molar-refractivity contribution >= 4 is 5.78 Å². The number of hydrogen-bond donors (Lipinski definition) is 0. The second kappa shape index (κ2) is 6.49. The van der Waals surface area contributed by atoms with Crippen LogP contribution in [0.15, 0.2) is 12.1 Å². The molecule has 0 unspecified atom stereocenters. The standard InChI is InChI=1S/C12H12F4O2/c1-7-4-8(10(14)5-9(7)13)11(17)2-3-18-6-12(15)16/h4-5,12H,2-3,6H2,1H3. The number of ketones is 1. The Hall–Kier alpha value is -1.43. The van der Waals surface area contributed by atoms with E-state index in [1.807, 2.05) is 0 Å². The van der Waals surface area contributed by atoms with Crippen LogP contribution in [0.4, 0.5) is 17.6 Å². The zero-order chi connectivity index (χ0) is 13.7. The molecule has 0 aliphatic carbocycles. The van der Waals surface area contributed by atoms with Crippen molar-refractivity contribution in [3.05, 3.63) is 34.9 Å². The highest BCUT2D eigenvalue weighted by molar-refractivity contribution is 5.96. The van der Waals surface area contributed by atoms with Gasteiger partial charge in [-0.2, -0.15) is 0 Å². The van der Waals surface area contributed by atoms with Crippen LogP contribution in [0.3, 0.4) is 0 Å². The van der Waals surface area contributed by atoms with E-state index in [0.29, 0.717) is 6.07 Å². The highest BCUT2D eigenvalue weighted by atomic mass is 19.3. The first-order chi connectivity index (χ1) is 8.41. The van der Waals surface area contributed by atoms with Crippen molar-refractivity contribution in [3.8, 4) is 0 Å². The number of halogens is 4. The van der Waals surface area contributed by atoms with Gasteiger partial charge in [0.05, 0.1) is 12.2 Å². The third-order valence-electron chi connectivity index (χ3n) is 2.27. The van der Waals surface area contributed by atoms with E-state index in [2.05, 4.69) is 4.74 Å². The number of aryl methyl sites for hydroxylation is 1. The molecule has 2 nitrogen and oxygen atoms in total. The van der Waals surface area contributed by atoms with E-state index in [-0.39, 0.29) is 24.2 Å². The number of ether oxygens (including phenoxy) is 1. The van der Waals surface area contributed by atoms with Gasteiger partial charge in [0.25, 0.3) is 6.43 Å². The van der Waals surface area contributed by atoms with Crippen LogP contribution in [0.5, 0.6) is 0 Å². The lowest BCUT2D eigenvalue weighted by Gasteiger charge is -2.06. The third kappa shape index (κ3) is 4.10. The predicted molar refractivity (Wildman–Crippen MR) is 56.9 cm³/mol. The summed E-state index contributed by atoms with van der Waals surface area (Å²) in [6.07, 6.45) is -2.83. The molecule has 0 aromatic heterocycles. The second-order valence-electron chi connectivity index (χ2n) is 3.72. The van der Waals surface area contributed by atoms with E-state index in [1.165, 1.54) is 6.92 Å². The van der Waals surface area contributed by atoms with E-state index in [0.717, 1.165) is 6.07 Å². The van der Waals surface area contributed by atoms with Crippen molar-refractivity contribution in [2.45, 2.75) is 19.8 Å². The molecule has 0 fully saturated rings. The number of carbonyl (C=O) groups excluding carboxylic acids is 1. The van der Waals surface area contributed by atoms with Gasteiger partial charge < -0.3 is 4.74 Å². The number of alkyl halides is 2. The molecule has 0 saturated carbocycles. The monoisotopic (exact) mass is 264 g/mol. The van der Waals surface area contributed by atoms with Crippen LogP contribution in [-0.2, 0) is 4.74 Å². The van der Waals surface area contributed by atoms with Gasteiger partial charge in [0, 0.05) is 12.5 Å². The fourth-order valence-corrected chi connectivity index (χ4v) is 1.34. The summed E-state index contributed by atoms with van der Waals surface area (Å²) in [4.78, 5) is 11.5. The predicted octanol–water partition coefficient (Wildman–Crippen LogP) is 3.13. The van der Waals surface area contributed by atoms with E-state index >= 15 is 0 Å². The lowest BCUT2D eigenvalue weighted by Crippen LogP contribution is -2.11.